The molecule has 0 spiro atoms. The first kappa shape index (κ1) is 10.8. The van der Waals surface area contributed by atoms with Gasteiger partial charge in [0.05, 0.1) is 13.3 Å². The van der Waals surface area contributed by atoms with Crippen LogP contribution in [0, 0.1) is 12.8 Å². The van der Waals surface area contributed by atoms with E-state index in [1.54, 1.807) is 6.20 Å². The molecule has 0 fully saturated rings. The third-order valence-electron chi connectivity index (χ3n) is 2.05. The van der Waals surface area contributed by atoms with Gasteiger partial charge < -0.3 is 4.74 Å². The van der Waals surface area contributed by atoms with Crippen LogP contribution in [0.1, 0.15) is 29.9 Å². The summed E-state index contributed by atoms with van der Waals surface area (Å²) in [6.07, 6.45) is 1.56. The predicted octanol–water partition coefficient (Wildman–Crippen LogP) is 1.63. The zero-order valence-corrected chi connectivity index (χ0v) is 9.07. The molecule has 0 amide bonds. The lowest BCUT2D eigenvalue weighted by atomic mass is 10.2. The lowest BCUT2D eigenvalue weighted by molar-refractivity contribution is 0.0599. The summed E-state index contributed by atoms with van der Waals surface area (Å²) in [4.78, 5) is 11.3. The zero-order chi connectivity index (χ0) is 10.7. The molecule has 14 heavy (non-hydrogen) atoms. The Bertz CT molecular complexity index is 329. The summed E-state index contributed by atoms with van der Waals surface area (Å²) in [7, 11) is 1.38. The van der Waals surface area contributed by atoms with Crippen LogP contribution in [0.25, 0.3) is 0 Å². The van der Waals surface area contributed by atoms with E-state index < -0.39 is 0 Å². The first-order chi connectivity index (χ1) is 6.56. The second-order valence-electron chi connectivity index (χ2n) is 3.71. The number of nitrogens with zero attached hydrogens (tertiary/aromatic N) is 2. The lowest BCUT2D eigenvalue weighted by Gasteiger charge is -2.07. The Hall–Kier alpha value is -1.32. The molecule has 0 bridgehead atoms. The Labute approximate surface area is 83.9 Å². The molecule has 0 N–H and O–H groups in total. The number of esters is 1. The van der Waals surface area contributed by atoms with Gasteiger partial charge in [-0.2, -0.15) is 5.10 Å². The summed E-state index contributed by atoms with van der Waals surface area (Å²) in [5.74, 6) is 0.191. The smallest absolute Gasteiger partial charge is 0.341 e. The molecule has 1 rings (SSSR count). The van der Waals surface area contributed by atoms with Crippen LogP contribution in [0.3, 0.4) is 0 Å². The van der Waals surface area contributed by atoms with Crippen molar-refractivity contribution in [3.05, 3.63) is 17.5 Å². The van der Waals surface area contributed by atoms with Gasteiger partial charge in [-0.3, -0.25) is 4.68 Å². The molecule has 0 atom stereocenters. The number of carbonyl (C=O) groups is 1. The van der Waals surface area contributed by atoms with E-state index >= 15 is 0 Å². The molecule has 0 aliphatic carbocycles. The van der Waals surface area contributed by atoms with E-state index in [-0.39, 0.29) is 5.97 Å². The summed E-state index contributed by atoms with van der Waals surface area (Å²) in [5.41, 5.74) is 1.42. The number of hydrogen-bond donors (Lipinski definition) is 0. The average molecular weight is 196 g/mol. The maximum absolute atomic E-state index is 11.3. The maximum Gasteiger partial charge on any atom is 0.341 e. The molecule has 4 nitrogen and oxygen atoms in total. The predicted molar refractivity (Wildman–Crippen MR) is 53.1 cm³/mol. The fraction of sp³-hybridized carbons (Fsp3) is 0.600. The number of ether oxygens (including phenoxy) is 1. The van der Waals surface area contributed by atoms with Crippen LogP contribution in [0.2, 0.25) is 0 Å². The number of rotatable bonds is 3. The van der Waals surface area contributed by atoms with Crippen molar-refractivity contribution in [3.8, 4) is 0 Å². The summed E-state index contributed by atoms with van der Waals surface area (Å²) >= 11 is 0. The SMILES string of the molecule is COC(=O)c1cnn(CC(C)C)c1C. The minimum absolute atomic E-state index is 0.322. The molecule has 0 aliphatic heterocycles. The lowest BCUT2D eigenvalue weighted by Crippen LogP contribution is -2.09. The van der Waals surface area contributed by atoms with Crippen molar-refractivity contribution < 1.29 is 9.53 Å². The molecule has 4 heteroatoms. The Morgan fingerprint density at radius 2 is 2.29 bits per heavy atom. The zero-order valence-electron chi connectivity index (χ0n) is 9.07. The van der Waals surface area contributed by atoms with Gasteiger partial charge in [-0.25, -0.2) is 4.79 Å². The first-order valence-electron chi connectivity index (χ1n) is 4.67. The van der Waals surface area contributed by atoms with E-state index in [4.69, 9.17) is 0 Å². The summed E-state index contributed by atoms with van der Waals surface area (Å²) in [6, 6.07) is 0. The van der Waals surface area contributed by atoms with Crippen LogP contribution in [0.5, 0.6) is 0 Å². The van der Waals surface area contributed by atoms with Gasteiger partial charge in [-0.05, 0) is 12.8 Å². The maximum atomic E-state index is 11.3. The number of aromatic nitrogens is 2. The molecule has 1 heterocycles. The van der Waals surface area contributed by atoms with Gasteiger partial charge in [0.15, 0.2) is 0 Å². The Balaban J connectivity index is 2.90. The highest BCUT2D eigenvalue weighted by molar-refractivity contribution is 5.90. The number of hydrogen-bond acceptors (Lipinski definition) is 3. The van der Waals surface area contributed by atoms with E-state index in [1.807, 2.05) is 11.6 Å². The Morgan fingerprint density at radius 1 is 1.64 bits per heavy atom. The highest BCUT2D eigenvalue weighted by Crippen LogP contribution is 2.10. The van der Waals surface area contributed by atoms with Gasteiger partial charge in [0, 0.05) is 12.2 Å². The van der Waals surface area contributed by atoms with Gasteiger partial charge in [-0.15, -0.1) is 0 Å². The quantitative estimate of drug-likeness (QED) is 0.690. The van der Waals surface area contributed by atoms with Gasteiger partial charge in [0.2, 0.25) is 0 Å². The van der Waals surface area contributed by atoms with Crippen LogP contribution < -0.4 is 0 Å². The fourth-order valence-corrected chi connectivity index (χ4v) is 1.29. The average Bonchev–Trinajstić information content (AvgIpc) is 2.46. The van der Waals surface area contributed by atoms with E-state index in [0.717, 1.165) is 12.2 Å². The van der Waals surface area contributed by atoms with E-state index in [2.05, 4.69) is 23.7 Å². The van der Waals surface area contributed by atoms with E-state index in [0.29, 0.717) is 11.5 Å². The van der Waals surface area contributed by atoms with Gasteiger partial charge in [-0.1, -0.05) is 13.8 Å². The van der Waals surface area contributed by atoms with Crippen molar-refractivity contribution in [2.75, 3.05) is 7.11 Å². The third kappa shape index (κ3) is 2.13. The largest absolute Gasteiger partial charge is 0.465 e. The second kappa shape index (κ2) is 4.26. The monoisotopic (exact) mass is 196 g/mol. The Kier molecular flexibility index (Phi) is 3.28. The van der Waals surface area contributed by atoms with Crippen molar-refractivity contribution in [3.63, 3.8) is 0 Å². The third-order valence-corrected chi connectivity index (χ3v) is 2.05. The highest BCUT2D eigenvalue weighted by Gasteiger charge is 2.14. The standard InChI is InChI=1S/C10H16N2O2/c1-7(2)6-12-8(3)9(5-11-12)10(13)14-4/h5,7H,6H2,1-4H3. The molecule has 0 aromatic carbocycles. The number of methoxy groups -OCH3 is 1. The van der Waals surface area contributed by atoms with Crippen molar-refractivity contribution in [1.82, 2.24) is 9.78 Å². The summed E-state index contributed by atoms with van der Waals surface area (Å²) < 4.78 is 6.47. The second-order valence-corrected chi connectivity index (χ2v) is 3.71. The van der Waals surface area contributed by atoms with Crippen LogP contribution in [-0.2, 0) is 11.3 Å². The van der Waals surface area contributed by atoms with Crippen LogP contribution >= 0.6 is 0 Å². The Morgan fingerprint density at radius 3 is 2.79 bits per heavy atom. The summed E-state index contributed by atoms with van der Waals surface area (Å²) in [6.45, 7) is 6.92. The highest BCUT2D eigenvalue weighted by atomic mass is 16.5. The molecule has 0 radical (unpaired) electrons. The minimum Gasteiger partial charge on any atom is -0.465 e. The molecule has 1 aromatic rings. The molecule has 1 aromatic heterocycles. The molecular formula is C10H16N2O2. The van der Waals surface area contributed by atoms with Crippen molar-refractivity contribution >= 4 is 5.97 Å². The van der Waals surface area contributed by atoms with E-state index in [9.17, 15) is 4.79 Å². The first-order valence-corrected chi connectivity index (χ1v) is 4.67. The molecular weight excluding hydrogens is 180 g/mol. The summed E-state index contributed by atoms with van der Waals surface area (Å²) in [5, 5.41) is 4.14. The van der Waals surface area contributed by atoms with Crippen molar-refractivity contribution in [1.29, 1.82) is 0 Å². The topological polar surface area (TPSA) is 44.1 Å². The fourth-order valence-electron chi connectivity index (χ4n) is 1.29. The van der Waals surface area contributed by atoms with Gasteiger partial charge in [0.1, 0.15) is 5.56 Å². The van der Waals surface area contributed by atoms with Crippen LogP contribution in [-0.4, -0.2) is 22.9 Å². The normalized spacial score (nSPS) is 10.6. The van der Waals surface area contributed by atoms with Crippen LogP contribution in [0.15, 0.2) is 6.20 Å². The van der Waals surface area contributed by atoms with Crippen molar-refractivity contribution in [2.24, 2.45) is 5.92 Å². The molecule has 78 valence electrons. The molecule has 0 unspecified atom stereocenters. The number of carbonyl (C=O) groups excluding carboxylic acids is 1. The van der Waals surface area contributed by atoms with Gasteiger partial charge >= 0.3 is 5.97 Å². The van der Waals surface area contributed by atoms with Gasteiger partial charge in [0.25, 0.3) is 0 Å². The molecule has 0 saturated carbocycles. The molecule has 0 aliphatic rings. The minimum atomic E-state index is -0.322. The van der Waals surface area contributed by atoms with E-state index in [1.165, 1.54) is 7.11 Å². The van der Waals surface area contributed by atoms with Crippen LogP contribution in [0.4, 0.5) is 0 Å². The van der Waals surface area contributed by atoms with Crippen molar-refractivity contribution in [2.45, 2.75) is 27.3 Å². The molecule has 0 saturated heterocycles.